The normalized spacial score (nSPS) is 10.1. The summed E-state index contributed by atoms with van der Waals surface area (Å²) < 4.78 is 1.69. The number of carbonyl (C=O) groups is 1. The van der Waals surface area contributed by atoms with Gasteiger partial charge < -0.3 is 0 Å². The van der Waals surface area contributed by atoms with Crippen molar-refractivity contribution in [3.8, 4) is 12.3 Å². The van der Waals surface area contributed by atoms with Crippen molar-refractivity contribution in [1.82, 2.24) is 9.78 Å². The standard InChI is InChI=1S/C12H10N2O/c1-3-6-11(15)12-9-7-4-5-8-10(9)14(2)13-12/h1,4-5,7-8H,6H2,2H3. The second kappa shape index (κ2) is 3.58. The highest BCUT2D eigenvalue weighted by Gasteiger charge is 2.13. The Hall–Kier alpha value is -2.08. The smallest absolute Gasteiger partial charge is 0.195 e. The molecule has 3 heteroatoms. The van der Waals surface area contributed by atoms with Gasteiger partial charge in [-0.05, 0) is 6.07 Å². The summed E-state index contributed by atoms with van der Waals surface area (Å²) in [6, 6.07) is 7.61. The van der Waals surface area contributed by atoms with E-state index in [1.807, 2.05) is 31.3 Å². The Morgan fingerprint density at radius 3 is 3.00 bits per heavy atom. The zero-order valence-electron chi connectivity index (χ0n) is 8.40. The summed E-state index contributed by atoms with van der Waals surface area (Å²) >= 11 is 0. The first kappa shape index (κ1) is 9.47. The minimum absolute atomic E-state index is 0.0982. The minimum atomic E-state index is -0.103. The molecule has 0 fully saturated rings. The molecule has 0 bridgehead atoms. The molecule has 0 unspecified atom stereocenters. The predicted octanol–water partition coefficient (Wildman–Crippen LogP) is 1.78. The fourth-order valence-corrected chi connectivity index (χ4v) is 1.60. The van der Waals surface area contributed by atoms with Gasteiger partial charge in [0.25, 0.3) is 0 Å². The van der Waals surface area contributed by atoms with Gasteiger partial charge in [0.05, 0.1) is 11.9 Å². The van der Waals surface area contributed by atoms with Crippen molar-refractivity contribution in [2.45, 2.75) is 6.42 Å². The minimum Gasteiger partial charge on any atom is -0.291 e. The fraction of sp³-hybridized carbons (Fsp3) is 0.167. The number of aromatic nitrogens is 2. The lowest BCUT2D eigenvalue weighted by Gasteiger charge is -1.91. The average Bonchev–Trinajstić information content (AvgIpc) is 2.58. The number of fused-ring (bicyclic) bond motifs is 1. The summed E-state index contributed by atoms with van der Waals surface area (Å²) in [4.78, 5) is 11.7. The van der Waals surface area contributed by atoms with E-state index in [1.54, 1.807) is 4.68 Å². The maximum Gasteiger partial charge on any atom is 0.195 e. The van der Waals surface area contributed by atoms with Crippen molar-refractivity contribution in [3.63, 3.8) is 0 Å². The zero-order chi connectivity index (χ0) is 10.8. The molecular formula is C12H10N2O. The number of benzene rings is 1. The van der Waals surface area contributed by atoms with E-state index in [9.17, 15) is 4.79 Å². The third kappa shape index (κ3) is 1.50. The Morgan fingerprint density at radius 1 is 1.53 bits per heavy atom. The Balaban J connectivity index is 2.63. The first-order valence-electron chi connectivity index (χ1n) is 4.62. The second-order valence-corrected chi connectivity index (χ2v) is 3.29. The highest BCUT2D eigenvalue weighted by molar-refractivity contribution is 6.06. The van der Waals surface area contributed by atoms with E-state index >= 15 is 0 Å². The number of hydrogen-bond donors (Lipinski definition) is 0. The van der Waals surface area contributed by atoms with Crippen molar-refractivity contribution in [1.29, 1.82) is 0 Å². The van der Waals surface area contributed by atoms with Gasteiger partial charge in [-0.15, -0.1) is 6.42 Å². The van der Waals surface area contributed by atoms with E-state index in [0.29, 0.717) is 5.69 Å². The topological polar surface area (TPSA) is 34.9 Å². The molecule has 1 heterocycles. The summed E-state index contributed by atoms with van der Waals surface area (Å²) in [5, 5.41) is 5.04. The molecule has 0 aliphatic carbocycles. The van der Waals surface area contributed by atoms with Crippen molar-refractivity contribution >= 4 is 16.7 Å². The van der Waals surface area contributed by atoms with Crippen molar-refractivity contribution in [3.05, 3.63) is 30.0 Å². The van der Waals surface area contributed by atoms with E-state index in [4.69, 9.17) is 6.42 Å². The largest absolute Gasteiger partial charge is 0.291 e. The van der Waals surface area contributed by atoms with Gasteiger partial charge in [-0.25, -0.2) is 0 Å². The molecule has 0 radical (unpaired) electrons. The molecular weight excluding hydrogens is 188 g/mol. The van der Waals surface area contributed by atoms with Crippen LogP contribution in [0.15, 0.2) is 24.3 Å². The molecule has 1 aromatic heterocycles. The summed E-state index contributed by atoms with van der Waals surface area (Å²) in [5.41, 5.74) is 1.41. The number of ketones is 1. The van der Waals surface area contributed by atoms with Crippen LogP contribution in [0.2, 0.25) is 0 Å². The number of rotatable bonds is 2. The van der Waals surface area contributed by atoms with Gasteiger partial charge in [-0.1, -0.05) is 24.1 Å². The highest BCUT2D eigenvalue weighted by Crippen LogP contribution is 2.18. The molecule has 0 atom stereocenters. The lowest BCUT2D eigenvalue weighted by atomic mass is 10.1. The number of hydrogen-bond acceptors (Lipinski definition) is 2. The molecule has 1 aromatic carbocycles. The molecule has 2 aromatic rings. The van der Waals surface area contributed by atoms with Crippen LogP contribution >= 0.6 is 0 Å². The first-order valence-corrected chi connectivity index (χ1v) is 4.62. The molecule has 0 aliphatic heterocycles. The van der Waals surface area contributed by atoms with Gasteiger partial charge in [0.15, 0.2) is 5.78 Å². The molecule has 0 N–H and O–H groups in total. The van der Waals surface area contributed by atoms with Crippen LogP contribution < -0.4 is 0 Å². The van der Waals surface area contributed by atoms with Crippen LogP contribution in [-0.2, 0) is 7.05 Å². The first-order chi connectivity index (χ1) is 7.24. The van der Waals surface area contributed by atoms with Crippen LogP contribution in [0.3, 0.4) is 0 Å². The molecule has 0 saturated heterocycles. The summed E-state index contributed by atoms with van der Waals surface area (Å²) in [6.45, 7) is 0. The summed E-state index contributed by atoms with van der Waals surface area (Å²) in [7, 11) is 1.81. The van der Waals surface area contributed by atoms with E-state index < -0.39 is 0 Å². The van der Waals surface area contributed by atoms with Crippen molar-refractivity contribution < 1.29 is 4.79 Å². The molecule has 0 amide bonds. The zero-order valence-corrected chi connectivity index (χ0v) is 8.40. The van der Waals surface area contributed by atoms with Crippen LogP contribution in [0, 0.1) is 12.3 Å². The highest BCUT2D eigenvalue weighted by atomic mass is 16.1. The van der Waals surface area contributed by atoms with E-state index in [2.05, 4.69) is 11.0 Å². The van der Waals surface area contributed by atoms with Crippen LogP contribution in [0.1, 0.15) is 16.9 Å². The van der Waals surface area contributed by atoms with E-state index in [1.165, 1.54) is 0 Å². The van der Waals surface area contributed by atoms with Gasteiger partial charge in [0.2, 0.25) is 0 Å². The molecule has 0 saturated carbocycles. The second-order valence-electron chi connectivity index (χ2n) is 3.29. The number of nitrogens with zero attached hydrogens (tertiary/aromatic N) is 2. The summed E-state index contributed by atoms with van der Waals surface area (Å²) in [6.07, 6.45) is 5.21. The number of para-hydroxylation sites is 1. The van der Waals surface area contributed by atoms with Gasteiger partial charge in [0, 0.05) is 12.4 Å². The Bertz CT molecular complexity index is 560. The molecule has 0 aliphatic rings. The Labute approximate surface area is 87.7 Å². The average molecular weight is 198 g/mol. The third-order valence-electron chi connectivity index (χ3n) is 2.28. The Kier molecular flexibility index (Phi) is 2.26. The van der Waals surface area contributed by atoms with Crippen LogP contribution in [0.25, 0.3) is 10.9 Å². The monoisotopic (exact) mass is 198 g/mol. The maximum absolute atomic E-state index is 11.7. The SMILES string of the molecule is C#CCC(=O)c1nn(C)c2ccccc12. The quantitative estimate of drug-likeness (QED) is 0.544. The third-order valence-corrected chi connectivity index (χ3v) is 2.28. The lowest BCUT2D eigenvalue weighted by molar-refractivity contribution is 0.0994. The number of aryl methyl sites for hydroxylation is 1. The molecule has 0 spiro atoms. The molecule has 15 heavy (non-hydrogen) atoms. The fourth-order valence-electron chi connectivity index (χ4n) is 1.60. The van der Waals surface area contributed by atoms with Crippen molar-refractivity contribution in [2.75, 3.05) is 0 Å². The van der Waals surface area contributed by atoms with Crippen molar-refractivity contribution in [2.24, 2.45) is 7.05 Å². The van der Waals surface area contributed by atoms with Gasteiger partial charge in [-0.2, -0.15) is 5.10 Å². The van der Waals surface area contributed by atoms with Crippen LogP contribution in [0.4, 0.5) is 0 Å². The number of Topliss-reactive ketones (excluding diaryl/α,β-unsaturated/α-hetero) is 1. The number of carbonyl (C=O) groups excluding carboxylic acids is 1. The molecule has 74 valence electrons. The lowest BCUT2D eigenvalue weighted by Crippen LogP contribution is -2.00. The molecule has 2 rings (SSSR count). The van der Waals surface area contributed by atoms with Gasteiger partial charge in [-0.3, -0.25) is 9.48 Å². The number of terminal acetylenes is 1. The van der Waals surface area contributed by atoms with E-state index in [0.717, 1.165) is 10.9 Å². The maximum atomic E-state index is 11.7. The van der Waals surface area contributed by atoms with Crippen LogP contribution in [0.5, 0.6) is 0 Å². The van der Waals surface area contributed by atoms with E-state index in [-0.39, 0.29) is 12.2 Å². The van der Waals surface area contributed by atoms with Crippen LogP contribution in [-0.4, -0.2) is 15.6 Å². The van der Waals surface area contributed by atoms with Gasteiger partial charge >= 0.3 is 0 Å². The van der Waals surface area contributed by atoms with Gasteiger partial charge in [0.1, 0.15) is 5.69 Å². The molecule has 3 nitrogen and oxygen atoms in total. The predicted molar refractivity (Wildman–Crippen MR) is 58.5 cm³/mol. The Morgan fingerprint density at radius 2 is 2.27 bits per heavy atom. The summed E-state index contributed by atoms with van der Waals surface area (Å²) in [5.74, 6) is 2.24.